The summed E-state index contributed by atoms with van der Waals surface area (Å²) in [6, 6.07) is 7.26. The number of ether oxygens (including phenoxy) is 1. The number of anilines is 3. The lowest BCUT2D eigenvalue weighted by molar-refractivity contribution is 0.415. The van der Waals surface area contributed by atoms with E-state index in [0.29, 0.717) is 22.3 Å². The van der Waals surface area contributed by atoms with Crippen molar-refractivity contribution in [3.05, 3.63) is 41.0 Å². The highest BCUT2D eigenvalue weighted by atomic mass is 35.5. The van der Waals surface area contributed by atoms with Gasteiger partial charge in [-0.3, -0.25) is 0 Å². The lowest BCUT2D eigenvalue weighted by Gasteiger charge is -2.11. The third-order valence-corrected chi connectivity index (χ3v) is 2.93. The highest BCUT2D eigenvalue weighted by Gasteiger charge is 2.06. The van der Waals surface area contributed by atoms with Crippen molar-refractivity contribution in [3.8, 4) is 5.75 Å². The second-order valence-corrected chi connectivity index (χ2v) is 4.27. The van der Waals surface area contributed by atoms with Crippen molar-refractivity contribution in [2.24, 2.45) is 0 Å². The summed E-state index contributed by atoms with van der Waals surface area (Å²) in [6.07, 6.45) is 1.71. The van der Waals surface area contributed by atoms with Crippen molar-refractivity contribution in [2.45, 2.75) is 6.92 Å². The molecule has 0 saturated heterocycles. The van der Waals surface area contributed by atoms with Crippen LogP contribution in [0.1, 0.15) is 5.56 Å². The van der Waals surface area contributed by atoms with E-state index in [9.17, 15) is 0 Å². The van der Waals surface area contributed by atoms with Gasteiger partial charge in [0.15, 0.2) is 5.82 Å². The summed E-state index contributed by atoms with van der Waals surface area (Å²) in [5, 5.41) is 3.70. The van der Waals surface area contributed by atoms with Gasteiger partial charge in [0, 0.05) is 18.0 Å². The molecule has 0 saturated carbocycles. The topological polar surface area (TPSA) is 60.2 Å². The number of hydrogen-bond acceptors (Lipinski definition) is 4. The van der Waals surface area contributed by atoms with Crippen LogP contribution >= 0.6 is 11.6 Å². The number of rotatable bonds is 3. The van der Waals surface area contributed by atoms with E-state index in [0.717, 1.165) is 11.3 Å². The number of aryl methyl sites for hydroxylation is 1. The van der Waals surface area contributed by atoms with E-state index in [1.807, 2.05) is 19.1 Å². The third-order valence-electron chi connectivity index (χ3n) is 2.62. The predicted molar refractivity (Wildman–Crippen MR) is 74.7 cm³/mol. The van der Waals surface area contributed by atoms with Crippen molar-refractivity contribution < 1.29 is 4.74 Å². The molecule has 1 aromatic heterocycles. The lowest BCUT2D eigenvalue weighted by atomic mass is 10.2. The molecule has 1 heterocycles. The van der Waals surface area contributed by atoms with Gasteiger partial charge in [-0.05, 0) is 30.7 Å². The Morgan fingerprint density at radius 1 is 1.33 bits per heavy atom. The zero-order valence-electron chi connectivity index (χ0n) is 10.2. The molecule has 0 unspecified atom stereocenters. The van der Waals surface area contributed by atoms with Gasteiger partial charge in [-0.1, -0.05) is 11.6 Å². The molecule has 0 fully saturated rings. The summed E-state index contributed by atoms with van der Waals surface area (Å²) in [4.78, 5) is 4.20. The van der Waals surface area contributed by atoms with Crippen LogP contribution in [-0.4, -0.2) is 12.1 Å². The van der Waals surface area contributed by atoms with Gasteiger partial charge in [0.2, 0.25) is 0 Å². The molecular weight excluding hydrogens is 250 g/mol. The van der Waals surface area contributed by atoms with Crippen molar-refractivity contribution in [1.29, 1.82) is 0 Å². The van der Waals surface area contributed by atoms with Crippen LogP contribution in [0.5, 0.6) is 5.75 Å². The fraction of sp³-hybridized carbons (Fsp3) is 0.154. The second-order valence-electron chi connectivity index (χ2n) is 3.86. The smallest absolute Gasteiger partial charge is 0.153 e. The normalized spacial score (nSPS) is 10.2. The summed E-state index contributed by atoms with van der Waals surface area (Å²) >= 11 is 5.96. The molecule has 0 aliphatic heterocycles. The van der Waals surface area contributed by atoms with Gasteiger partial charge in [-0.2, -0.15) is 0 Å². The molecule has 0 aliphatic rings. The second kappa shape index (κ2) is 5.14. The molecule has 0 aliphatic carbocycles. The molecule has 0 atom stereocenters. The van der Waals surface area contributed by atoms with E-state index < -0.39 is 0 Å². The average molecular weight is 264 g/mol. The minimum absolute atomic E-state index is 0.563. The fourth-order valence-electron chi connectivity index (χ4n) is 1.54. The summed E-state index contributed by atoms with van der Waals surface area (Å²) < 4.78 is 5.15. The van der Waals surface area contributed by atoms with Crippen molar-refractivity contribution in [2.75, 3.05) is 18.2 Å². The van der Waals surface area contributed by atoms with Crippen LogP contribution in [0.3, 0.4) is 0 Å². The zero-order valence-corrected chi connectivity index (χ0v) is 11.0. The van der Waals surface area contributed by atoms with Crippen LogP contribution in [-0.2, 0) is 0 Å². The predicted octanol–water partition coefficient (Wildman–Crippen LogP) is 3.38. The monoisotopic (exact) mass is 263 g/mol. The number of aromatic nitrogens is 1. The van der Waals surface area contributed by atoms with Gasteiger partial charge in [0.05, 0.1) is 17.8 Å². The Morgan fingerprint density at radius 3 is 2.83 bits per heavy atom. The Hall–Kier alpha value is -1.94. The maximum Gasteiger partial charge on any atom is 0.153 e. The first kappa shape index (κ1) is 12.5. The van der Waals surface area contributed by atoms with Gasteiger partial charge in [-0.25, -0.2) is 4.98 Å². The number of nitrogens with two attached hydrogens (primary N) is 1. The maximum absolute atomic E-state index is 5.96. The minimum atomic E-state index is 0.563. The summed E-state index contributed by atoms with van der Waals surface area (Å²) in [6.45, 7) is 1.94. The Labute approximate surface area is 111 Å². The first-order valence-electron chi connectivity index (χ1n) is 5.43. The number of methoxy groups -OCH3 is 1. The molecule has 1 aromatic carbocycles. The summed E-state index contributed by atoms with van der Waals surface area (Å²) in [5.41, 5.74) is 8.38. The maximum atomic E-state index is 5.96. The number of benzene rings is 1. The summed E-state index contributed by atoms with van der Waals surface area (Å²) in [7, 11) is 1.57. The number of nitrogen functional groups attached to an aromatic ring is 1. The van der Waals surface area contributed by atoms with E-state index in [2.05, 4.69) is 10.3 Å². The molecule has 0 radical (unpaired) electrons. The van der Waals surface area contributed by atoms with Crippen molar-refractivity contribution in [3.63, 3.8) is 0 Å². The lowest BCUT2D eigenvalue weighted by Crippen LogP contribution is -2.01. The van der Waals surface area contributed by atoms with E-state index in [1.54, 1.807) is 25.4 Å². The van der Waals surface area contributed by atoms with Crippen LogP contribution in [0.2, 0.25) is 5.02 Å². The number of nitrogens with zero attached hydrogens (tertiary/aromatic N) is 1. The van der Waals surface area contributed by atoms with Gasteiger partial charge < -0.3 is 15.8 Å². The van der Waals surface area contributed by atoms with Gasteiger partial charge in [0.1, 0.15) is 5.75 Å². The van der Waals surface area contributed by atoms with Crippen LogP contribution < -0.4 is 15.8 Å². The minimum Gasteiger partial charge on any atom is -0.495 e. The van der Waals surface area contributed by atoms with E-state index >= 15 is 0 Å². The molecule has 5 heteroatoms. The average Bonchev–Trinajstić information content (AvgIpc) is 2.37. The van der Waals surface area contributed by atoms with E-state index in [4.69, 9.17) is 22.1 Å². The van der Waals surface area contributed by atoms with Crippen LogP contribution in [0.15, 0.2) is 30.5 Å². The van der Waals surface area contributed by atoms with Gasteiger partial charge >= 0.3 is 0 Å². The quantitative estimate of drug-likeness (QED) is 0.891. The first-order valence-corrected chi connectivity index (χ1v) is 5.81. The van der Waals surface area contributed by atoms with Crippen molar-refractivity contribution in [1.82, 2.24) is 4.98 Å². The SMILES string of the molecule is COc1cc(Nc2nccc(C)c2N)ccc1Cl. The number of pyridine rings is 1. The molecule has 4 nitrogen and oxygen atoms in total. The number of nitrogens with one attached hydrogen (secondary N) is 1. The molecule has 2 aromatic rings. The van der Waals surface area contributed by atoms with E-state index in [1.165, 1.54) is 0 Å². The molecule has 0 amide bonds. The van der Waals surface area contributed by atoms with Crippen LogP contribution in [0, 0.1) is 6.92 Å². The first-order chi connectivity index (χ1) is 8.61. The Bertz CT molecular complexity index is 572. The van der Waals surface area contributed by atoms with Gasteiger partial charge in [0.25, 0.3) is 0 Å². The fourth-order valence-corrected chi connectivity index (χ4v) is 1.74. The standard InChI is InChI=1S/C13H14ClN3O/c1-8-5-6-16-13(12(8)15)17-9-3-4-10(14)11(7-9)18-2/h3-7H,15H2,1-2H3,(H,16,17). The highest BCUT2D eigenvalue weighted by molar-refractivity contribution is 6.32. The Kier molecular flexibility index (Phi) is 3.58. The van der Waals surface area contributed by atoms with Crippen LogP contribution in [0.4, 0.5) is 17.2 Å². The summed E-state index contributed by atoms with van der Waals surface area (Å²) in [5.74, 6) is 1.23. The highest BCUT2D eigenvalue weighted by Crippen LogP contribution is 2.30. The molecule has 2 rings (SSSR count). The molecule has 3 N–H and O–H groups in total. The third kappa shape index (κ3) is 2.49. The Balaban J connectivity index is 2.31. The molecule has 18 heavy (non-hydrogen) atoms. The Morgan fingerprint density at radius 2 is 2.11 bits per heavy atom. The van der Waals surface area contributed by atoms with E-state index in [-0.39, 0.29) is 0 Å². The molecular formula is C13H14ClN3O. The molecule has 94 valence electrons. The van der Waals surface area contributed by atoms with Gasteiger partial charge in [-0.15, -0.1) is 0 Å². The zero-order chi connectivity index (χ0) is 13.1. The largest absolute Gasteiger partial charge is 0.495 e. The van der Waals surface area contributed by atoms with Crippen LogP contribution in [0.25, 0.3) is 0 Å². The number of hydrogen-bond donors (Lipinski definition) is 2. The molecule has 0 bridgehead atoms. The number of halogens is 1. The van der Waals surface area contributed by atoms with Crippen molar-refractivity contribution >= 4 is 28.8 Å². The molecule has 0 spiro atoms.